The molecule has 0 saturated heterocycles. The molecule has 1 aromatic heterocycles. The zero-order valence-electron chi connectivity index (χ0n) is 11.0. The molecule has 0 aliphatic rings. The van der Waals surface area contributed by atoms with Gasteiger partial charge in [-0.15, -0.1) is 0 Å². The predicted octanol–water partition coefficient (Wildman–Crippen LogP) is 0.623. The number of aryl methyl sites for hydroxylation is 2. The fourth-order valence-corrected chi connectivity index (χ4v) is 1.94. The summed E-state index contributed by atoms with van der Waals surface area (Å²) in [6, 6.07) is 7.04. The molecule has 0 fully saturated rings. The molecule has 0 saturated carbocycles. The molecular formula is C14H14N2O3. The maximum absolute atomic E-state index is 12.4. The van der Waals surface area contributed by atoms with Crippen molar-refractivity contribution in [2.75, 3.05) is 0 Å². The summed E-state index contributed by atoms with van der Waals surface area (Å²) in [5.41, 5.74) is 0.239. The van der Waals surface area contributed by atoms with Crippen LogP contribution in [0.25, 0.3) is 0 Å². The Morgan fingerprint density at radius 3 is 2.32 bits per heavy atom. The van der Waals surface area contributed by atoms with E-state index in [1.165, 1.54) is 24.9 Å². The zero-order valence-corrected chi connectivity index (χ0v) is 11.0. The summed E-state index contributed by atoms with van der Waals surface area (Å²) in [4.78, 5) is 36.0. The molecule has 0 aliphatic heterocycles. The molecule has 0 amide bonds. The SMILES string of the molecule is Cc1ccccc1C(=O)c1cn(C)c(=O)n(C)c1=O. The lowest BCUT2D eigenvalue weighted by Crippen LogP contribution is -2.39. The minimum atomic E-state index is -0.573. The molecule has 19 heavy (non-hydrogen) atoms. The van der Waals surface area contributed by atoms with Crippen LogP contribution >= 0.6 is 0 Å². The number of nitrogens with zero attached hydrogens (tertiary/aromatic N) is 2. The fourth-order valence-electron chi connectivity index (χ4n) is 1.94. The first kappa shape index (κ1) is 13.0. The number of hydrogen-bond donors (Lipinski definition) is 0. The summed E-state index contributed by atoms with van der Waals surface area (Å²) < 4.78 is 2.17. The van der Waals surface area contributed by atoms with Gasteiger partial charge in [-0.25, -0.2) is 4.79 Å². The predicted molar refractivity (Wildman–Crippen MR) is 71.5 cm³/mol. The Morgan fingerprint density at radius 2 is 1.68 bits per heavy atom. The number of carbonyl (C=O) groups is 1. The summed E-state index contributed by atoms with van der Waals surface area (Å²) in [5, 5.41) is 0. The van der Waals surface area contributed by atoms with E-state index < -0.39 is 11.2 Å². The van der Waals surface area contributed by atoms with Gasteiger partial charge in [0, 0.05) is 25.9 Å². The molecule has 0 aliphatic carbocycles. The first-order valence-electron chi connectivity index (χ1n) is 5.80. The molecule has 0 atom stereocenters. The molecule has 1 heterocycles. The zero-order chi connectivity index (χ0) is 14.2. The van der Waals surface area contributed by atoms with Crippen molar-refractivity contribution in [3.05, 3.63) is 68.0 Å². The summed E-state index contributed by atoms with van der Waals surface area (Å²) >= 11 is 0. The summed E-state index contributed by atoms with van der Waals surface area (Å²) in [6.07, 6.45) is 1.29. The average molecular weight is 258 g/mol. The smallest absolute Gasteiger partial charge is 0.303 e. The molecule has 1 aromatic carbocycles. The van der Waals surface area contributed by atoms with Gasteiger partial charge in [0.1, 0.15) is 5.56 Å². The monoisotopic (exact) mass is 258 g/mol. The van der Waals surface area contributed by atoms with E-state index in [0.717, 1.165) is 10.1 Å². The molecular weight excluding hydrogens is 244 g/mol. The van der Waals surface area contributed by atoms with Gasteiger partial charge in [-0.2, -0.15) is 0 Å². The second kappa shape index (κ2) is 4.68. The van der Waals surface area contributed by atoms with E-state index in [2.05, 4.69) is 0 Å². The van der Waals surface area contributed by atoms with Crippen molar-refractivity contribution in [1.82, 2.24) is 9.13 Å². The highest BCUT2D eigenvalue weighted by atomic mass is 16.2. The van der Waals surface area contributed by atoms with Gasteiger partial charge in [-0.05, 0) is 12.5 Å². The summed E-state index contributed by atoms with van der Waals surface area (Å²) in [7, 11) is 2.87. The van der Waals surface area contributed by atoms with E-state index in [9.17, 15) is 14.4 Å². The fraction of sp³-hybridized carbons (Fsp3) is 0.214. The number of ketones is 1. The van der Waals surface area contributed by atoms with Crippen molar-refractivity contribution in [3.8, 4) is 0 Å². The van der Waals surface area contributed by atoms with Crippen LogP contribution in [0.5, 0.6) is 0 Å². The van der Waals surface area contributed by atoms with Crippen molar-refractivity contribution in [3.63, 3.8) is 0 Å². The van der Waals surface area contributed by atoms with E-state index in [0.29, 0.717) is 5.56 Å². The van der Waals surface area contributed by atoms with Gasteiger partial charge >= 0.3 is 5.69 Å². The quantitative estimate of drug-likeness (QED) is 0.742. The average Bonchev–Trinajstić information content (AvgIpc) is 2.40. The summed E-state index contributed by atoms with van der Waals surface area (Å²) in [6.45, 7) is 1.81. The molecule has 2 aromatic rings. The lowest BCUT2D eigenvalue weighted by atomic mass is 10.0. The van der Waals surface area contributed by atoms with Crippen LogP contribution in [0.1, 0.15) is 21.5 Å². The Bertz CT molecular complexity index is 769. The Labute approximate surface area is 109 Å². The van der Waals surface area contributed by atoms with E-state index >= 15 is 0 Å². The standard InChI is InChI=1S/C14H14N2O3/c1-9-6-4-5-7-10(9)12(17)11-8-15(2)14(19)16(3)13(11)18/h4-8H,1-3H3. The van der Waals surface area contributed by atoms with Crippen molar-refractivity contribution < 1.29 is 4.79 Å². The normalized spacial score (nSPS) is 10.5. The highest BCUT2D eigenvalue weighted by Gasteiger charge is 2.17. The number of carbonyl (C=O) groups excluding carboxylic acids is 1. The largest absolute Gasteiger partial charge is 0.330 e. The van der Waals surface area contributed by atoms with Gasteiger partial charge in [0.25, 0.3) is 5.56 Å². The van der Waals surface area contributed by atoms with Gasteiger partial charge in [0.15, 0.2) is 5.78 Å². The molecule has 0 bridgehead atoms. The van der Waals surface area contributed by atoms with Crippen LogP contribution in [0.15, 0.2) is 40.1 Å². The number of benzene rings is 1. The van der Waals surface area contributed by atoms with Gasteiger partial charge in [-0.3, -0.25) is 14.2 Å². The van der Waals surface area contributed by atoms with E-state index in [1.54, 1.807) is 25.1 Å². The molecule has 0 spiro atoms. The van der Waals surface area contributed by atoms with Crippen molar-refractivity contribution in [2.24, 2.45) is 14.1 Å². The Hall–Kier alpha value is -2.43. The van der Waals surface area contributed by atoms with Crippen LogP contribution in [0, 0.1) is 6.92 Å². The van der Waals surface area contributed by atoms with Crippen LogP contribution in [0.2, 0.25) is 0 Å². The minimum Gasteiger partial charge on any atom is -0.303 e. The van der Waals surface area contributed by atoms with Crippen LogP contribution in [-0.4, -0.2) is 14.9 Å². The molecule has 0 N–H and O–H groups in total. The van der Waals surface area contributed by atoms with Crippen molar-refractivity contribution >= 4 is 5.78 Å². The Balaban J connectivity index is 2.68. The van der Waals surface area contributed by atoms with Crippen LogP contribution < -0.4 is 11.2 Å². The second-order valence-electron chi connectivity index (χ2n) is 4.44. The number of hydrogen-bond acceptors (Lipinski definition) is 3. The molecule has 5 heteroatoms. The van der Waals surface area contributed by atoms with Gasteiger partial charge in [0.05, 0.1) is 0 Å². The molecule has 0 unspecified atom stereocenters. The molecule has 0 radical (unpaired) electrons. The van der Waals surface area contributed by atoms with Gasteiger partial charge in [-0.1, -0.05) is 24.3 Å². The van der Waals surface area contributed by atoms with Gasteiger partial charge < -0.3 is 4.57 Å². The van der Waals surface area contributed by atoms with Crippen LogP contribution in [-0.2, 0) is 14.1 Å². The lowest BCUT2D eigenvalue weighted by molar-refractivity contribution is 0.103. The topological polar surface area (TPSA) is 61.1 Å². The Kier molecular flexibility index (Phi) is 3.21. The van der Waals surface area contributed by atoms with E-state index in [4.69, 9.17) is 0 Å². The van der Waals surface area contributed by atoms with E-state index in [-0.39, 0.29) is 11.3 Å². The van der Waals surface area contributed by atoms with Crippen molar-refractivity contribution in [2.45, 2.75) is 6.92 Å². The lowest BCUT2D eigenvalue weighted by Gasteiger charge is -2.07. The summed E-state index contributed by atoms with van der Waals surface area (Å²) in [5.74, 6) is -0.366. The second-order valence-corrected chi connectivity index (χ2v) is 4.44. The minimum absolute atomic E-state index is 0.00102. The highest BCUT2D eigenvalue weighted by Crippen LogP contribution is 2.10. The number of aromatic nitrogens is 2. The maximum Gasteiger partial charge on any atom is 0.330 e. The van der Waals surface area contributed by atoms with Crippen LogP contribution in [0.3, 0.4) is 0 Å². The third-order valence-corrected chi connectivity index (χ3v) is 3.08. The molecule has 2 rings (SSSR count). The number of rotatable bonds is 2. The molecule has 98 valence electrons. The molecule has 5 nitrogen and oxygen atoms in total. The van der Waals surface area contributed by atoms with Crippen molar-refractivity contribution in [1.29, 1.82) is 0 Å². The van der Waals surface area contributed by atoms with E-state index in [1.807, 2.05) is 6.07 Å². The first-order valence-corrected chi connectivity index (χ1v) is 5.80. The highest BCUT2D eigenvalue weighted by molar-refractivity contribution is 6.09. The third kappa shape index (κ3) is 2.14. The van der Waals surface area contributed by atoms with Gasteiger partial charge in [0.2, 0.25) is 0 Å². The maximum atomic E-state index is 12.4. The Morgan fingerprint density at radius 1 is 1.05 bits per heavy atom. The first-order chi connectivity index (χ1) is 8.93. The van der Waals surface area contributed by atoms with Crippen LogP contribution in [0.4, 0.5) is 0 Å². The third-order valence-electron chi connectivity index (χ3n) is 3.08.